The summed E-state index contributed by atoms with van der Waals surface area (Å²) in [5, 5.41) is 22.2. The Hall–Kier alpha value is -5.81. The van der Waals surface area contributed by atoms with Crippen molar-refractivity contribution < 1.29 is 24.5 Å². The minimum Gasteiger partial charge on any atom is -0.508 e. The highest BCUT2D eigenvalue weighted by atomic mass is 16.5. The molecule has 5 heteroatoms. The number of phenols is 2. The molecule has 0 aliphatic heterocycles. The van der Waals surface area contributed by atoms with E-state index in [-0.39, 0.29) is 23.0 Å². The van der Waals surface area contributed by atoms with Crippen LogP contribution in [0.1, 0.15) is 43.7 Å². The zero-order valence-corrected chi connectivity index (χ0v) is 24.8. The molecule has 0 aromatic heterocycles. The van der Waals surface area contributed by atoms with E-state index in [1.165, 1.54) is 0 Å². The van der Waals surface area contributed by atoms with Crippen LogP contribution in [0.4, 0.5) is 0 Å². The van der Waals surface area contributed by atoms with Crippen molar-refractivity contribution in [2.45, 2.75) is 12.3 Å². The first-order valence-corrected chi connectivity index (χ1v) is 14.7. The van der Waals surface area contributed by atoms with E-state index >= 15 is 0 Å². The summed E-state index contributed by atoms with van der Waals surface area (Å²) in [4.78, 5) is 13.0. The summed E-state index contributed by atoms with van der Waals surface area (Å²) in [5.74, 6) is 1.54. The van der Waals surface area contributed by atoms with E-state index in [0.717, 1.165) is 38.9 Å². The Kier molecular flexibility index (Phi) is 6.86. The van der Waals surface area contributed by atoms with Gasteiger partial charge in [-0.15, -0.1) is 0 Å². The molecule has 1 aliphatic rings. The van der Waals surface area contributed by atoms with Crippen LogP contribution in [0.2, 0.25) is 0 Å². The van der Waals surface area contributed by atoms with Gasteiger partial charge >= 0.3 is 0 Å². The number of aromatic hydroxyl groups is 2. The lowest BCUT2D eigenvalue weighted by atomic mass is 9.67. The number of ketones is 1. The van der Waals surface area contributed by atoms with Crippen molar-refractivity contribution in [3.63, 3.8) is 0 Å². The Balaban J connectivity index is 1.26. The second kappa shape index (κ2) is 11.0. The fourth-order valence-electron chi connectivity index (χ4n) is 6.41. The predicted octanol–water partition coefficient (Wildman–Crippen LogP) is 8.80. The Morgan fingerprint density at radius 1 is 0.600 bits per heavy atom. The van der Waals surface area contributed by atoms with E-state index in [4.69, 9.17) is 9.47 Å². The minimum absolute atomic E-state index is 0.0246. The number of aryl methyl sites for hydroxylation is 1. The number of methoxy groups -OCH3 is 1. The number of ether oxygens (including phenoxy) is 2. The Labute approximate surface area is 261 Å². The quantitative estimate of drug-likeness (QED) is 0.182. The maximum atomic E-state index is 13.0. The summed E-state index contributed by atoms with van der Waals surface area (Å²) in [5.41, 5.74) is 7.18. The molecule has 220 valence electrons. The summed E-state index contributed by atoms with van der Waals surface area (Å²) >= 11 is 0. The van der Waals surface area contributed by atoms with Crippen molar-refractivity contribution in [2.75, 3.05) is 7.11 Å². The molecule has 0 amide bonds. The largest absolute Gasteiger partial charge is 0.508 e. The third-order valence-corrected chi connectivity index (χ3v) is 8.68. The molecule has 0 bridgehead atoms. The highest BCUT2D eigenvalue weighted by Gasteiger charge is 2.46. The fourth-order valence-corrected chi connectivity index (χ4v) is 6.41. The summed E-state index contributed by atoms with van der Waals surface area (Å²) < 4.78 is 11.3. The van der Waals surface area contributed by atoms with E-state index < -0.39 is 5.41 Å². The standard InChI is InChI=1S/C40H30O5/c1-25-11-16-28(23-36(25)41)40(34-9-5-3-7-32(34)33-8-4-6-10-35(33)40)29-17-22-38(37(42)24-29)45-31-20-14-27(15-21-31)39(43)26-12-18-30(44-2)19-13-26/h3-24,41-42H,1-2H3. The Bertz CT molecular complexity index is 2010. The van der Waals surface area contributed by atoms with Gasteiger partial charge in [-0.2, -0.15) is 0 Å². The van der Waals surface area contributed by atoms with Gasteiger partial charge in [0.1, 0.15) is 17.2 Å². The molecule has 2 N–H and O–H groups in total. The average molecular weight is 591 g/mol. The molecular formula is C40H30O5. The van der Waals surface area contributed by atoms with Gasteiger partial charge in [-0.05, 0) is 113 Å². The lowest BCUT2D eigenvalue weighted by molar-refractivity contribution is 0.103. The van der Waals surface area contributed by atoms with E-state index in [9.17, 15) is 15.0 Å². The van der Waals surface area contributed by atoms with Crippen LogP contribution in [0.15, 0.2) is 133 Å². The number of rotatable bonds is 7. The normalized spacial score (nSPS) is 12.7. The van der Waals surface area contributed by atoms with Crippen molar-refractivity contribution in [3.05, 3.63) is 172 Å². The topological polar surface area (TPSA) is 76.0 Å². The summed E-state index contributed by atoms with van der Waals surface area (Å²) in [7, 11) is 1.58. The highest BCUT2D eigenvalue weighted by Crippen LogP contribution is 2.57. The molecule has 6 aromatic carbocycles. The number of hydrogen-bond acceptors (Lipinski definition) is 5. The molecule has 0 saturated carbocycles. The first kappa shape index (κ1) is 28.0. The maximum Gasteiger partial charge on any atom is 0.193 e. The summed E-state index contributed by atoms with van der Waals surface area (Å²) in [6.07, 6.45) is 0. The van der Waals surface area contributed by atoms with Gasteiger partial charge in [0.15, 0.2) is 17.3 Å². The summed E-state index contributed by atoms with van der Waals surface area (Å²) in [6, 6.07) is 41.6. The molecule has 0 spiro atoms. The van der Waals surface area contributed by atoms with Crippen LogP contribution in [-0.4, -0.2) is 23.1 Å². The first-order chi connectivity index (χ1) is 21.9. The molecule has 0 radical (unpaired) electrons. The number of hydrogen-bond donors (Lipinski definition) is 2. The zero-order valence-electron chi connectivity index (χ0n) is 24.8. The number of carbonyl (C=O) groups excluding carboxylic acids is 1. The molecule has 0 saturated heterocycles. The van der Waals surface area contributed by atoms with Gasteiger partial charge in [0.25, 0.3) is 0 Å². The lowest BCUT2D eigenvalue weighted by Crippen LogP contribution is -2.28. The zero-order chi connectivity index (χ0) is 31.1. The molecule has 0 atom stereocenters. The van der Waals surface area contributed by atoms with Crippen molar-refractivity contribution >= 4 is 5.78 Å². The van der Waals surface area contributed by atoms with Crippen LogP contribution < -0.4 is 9.47 Å². The number of fused-ring (bicyclic) bond motifs is 3. The Morgan fingerprint density at radius 2 is 1.11 bits per heavy atom. The molecule has 5 nitrogen and oxygen atoms in total. The number of phenolic OH excluding ortho intramolecular Hbond substituents is 2. The molecule has 0 fully saturated rings. The second-order valence-corrected chi connectivity index (χ2v) is 11.2. The molecule has 6 aromatic rings. The smallest absolute Gasteiger partial charge is 0.193 e. The predicted molar refractivity (Wildman–Crippen MR) is 175 cm³/mol. The van der Waals surface area contributed by atoms with Crippen LogP contribution >= 0.6 is 0 Å². The molecular weight excluding hydrogens is 560 g/mol. The van der Waals surface area contributed by atoms with Crippen molar-refractivity contribution in [2.24, 2.45) is 0 Å². The van der Waals surface area contributed by atoms with E-state index in [0.29, 0.717) is 22.6 Å². The first-order valence-electron chi connectivity index (χ1n) is 14.7. The van der Waals surface area contributed by atoms with E-state index in [2.05, 4.69) is 24.3 Å². The second-order valence-electron chi connectivity index (χ2n) is 11.2. The van der Waals surface area contributed by atoms with Crippen LogP contribution in [0, 0.1) is 6.92 Å². The van der Waals surface area contributed by atoms with Crippen LogP contribution in [-0.2, 0) is 5.41 Å². The summed E-state index contributed by atoms with van der Waals surface area (Å²) in [6.45, 7) is 1.88. The van der Waals surface area contributed by atoms with E-state index in [1.807, 2.05) is 55.5 Å². The van der Waals surface area contributed by atoms with Crippen molar-refractivity contribution in [1.82, 2.24) is 0 Å². The maximum absolute atomic E-state index is 13.0. The van der Waals surface area contributed by atoms with Crippen LogP contribution in [0.5, 0.6) is 28.7 Å². The van der Waals surface area contributed by atoms with Crippen molar-refractivity contribution in [1.29, 1.82) is 0 Å². The highest BCUT2D eigenvalue weighted by molar-refractivity contribution is 6.09. The van der Waals surface area contributed by atoms with Gasteiger partial charge in [-0.25, -0.2) is 0 Å². The molecule has 0 heterocycles. The Morgan fingerprint density at radius 3 is 1.64 bits per heavy atom. The van der Waals surface area contributed by atoms with Gasteiger partial charge in [-0.1, -0.05) is 66.7 Å². The molecule has 0 unspecified atom stereocenters. The van der Waals surface area contributed by atoms with Gasteiger partial charge in [0.2, 0.25) is 0 Å². The number of carbonyl (C=O) groups is 1. The fraction of sp³-hybridized carbons (Fsp3) is 0.0750. The minimum atomic E-state index is -0.780. The SMILES string of the molecule is COc1ccc(C(=O)c2ccc(Oc3ccc(C4(c5ccc(C)c(O)c5)c5ccccc5-c5ccccc54)cc3O)cc2)cc1. The molecule has 45 heavy (non-hydrogen) atoms. The third kappa shape index (κ3) is 4.61. The van der Waals surface area contributed by atoms with Crippen molar-refractivity contribution in [3.8, 4) is 39.9 Å². The van der Waals surface area contributed by atoms with Gasteiger partial charge in [0.05, 0.1) is 12.5 Å². The van der Waals surface area contributed by atoms with Crippen LogP contribution in [0.3, 0.4) is 0 Å². The monoisotopic (exact) mass is 590 g/mol. The lowest BCUT2D eigenvalue weighted by Gasteiger charge is -2.34. The van der Waals surface area contributed by atoms with Gasteiger partial charge in [-0.3, -0.25) is 4.79 Å². The third-order valence-electron chi connectivity index (χ3n) is 8.68. The number of benzene rings is 6. The van der Waals surface area contributed by atoms with Gasteiger partial charge < -0.3 is 19.7 Å². The van der Waals surface area contributed by atoms with Crippen LogP contribution in [0.25, 0.3) is 11.1 Å². The van der Waals surface area contributed by atoms with E-state index in [1.54, 1.807) is 67.8 Å². The van der Waals surface area contributed by atoms with Gasteiger partial charge in [0, 0.05) is 11.1 Å². The molecule has 1 aliphatic carbocycles. The average Bonchev–Trinajstić information content (AvgIpc) is 3.38. The molecule has 7 rings (SSSR count).